The molecule has 0 saturated heterocycles. The van der Waals surface area contributed by atoms with Crippen LogP contribution in [-0.4, -0.2) is 57.0 Å². The molecule has 4 heterocycles. The highest BCUT2D eigenvalue weighted by Gasteiger charge is 2.23. The highest BCUT2D eigenvalue weighted by Crippen LogP contribution is 2.33. The molecule has 268 valence electrons. The van der Waals surface area contributed by atoms with Crippen LogP contribution in [0.2, 0.25) is 0 Å². The van der Waals surface area contributed by atoms with Gasteiger partial charge < -0.3 is 38.9 Å². The van der Waals surface area contributed by atoms with Crippen molar-refractivity contribution >= 4 is 57.6 Å². The van der Waals surface area contributed by atoms with Gasteiger partial charge in [-0.2, -0.15) is 0 Å². The standard InChI is InChI=1S/C36H36N8O8/c1-17-11-23(19(3)51-17)33(47)41-35-39-25-13-21(31(37)45)15-27(49-5)29(25)43(35)9-7-8-10-44-30-26(14-22(32(38)46)16-28(30)50-6)40-36(44)42-34(48)24-12-18(2)52-20(24)4/h7-8,11-16H,9-10H2,1-6H3,(H2,37,45)(H2,38,46)(H,39,41,47)(H,40,42,48)/b8-7+. The SMILES string of the molecule is COc1cc(C(N)=O)cc2nc(NC(=O)c3cc(C)oc3C)n(C/C=C/Cn3c(NC(=O)c4cc(C)oc4C)nc4cc(C(N)=O)cc(OC)c43)c12. The lowest BCUT2D eigenvalue weighted by Gasteiger charge is -2.12. The number of methoxy groups -OCH3 is 2. The van der Waals surface area contributed by atoms with Crippen molar-refractivity contribution in [2.75, 3.05) is 24.9 Å². The first-order valence-electron chi connectivity index (χ1n) is 16.0. The number of carbonyl (C=O) groups excluding carboxylic acids is 4. The number of nitrogens with two attached hydrogens (primary N) is 2. The third kappa shape index (κ3) is 6.56. The van der Waals surface area contributed by atoms with E-state index in [0.29, 0.717) is 67.7 Å². The molecule has 0 saturated carbocycles. The van der Waals surface area contributed by atoms with Crippen molar-refractivity contribution in [2.24, 2.45) is 11.5 Å². The molecule has 0 aliphatic carbocycles. The Bertz CT molecular complexity index is 2280. The fourth-order valence-corrected chi connectivity index (χ4v) is 6.01. The Balaban J connectivity index is 1.39. The van der Waals surface area contributed by atoms with Gasteiger partial charge in [0.25, 0.3) is 11.8 Å². The summed E-state index contributed by atoms with van der Waals surface area (Å²) in [6.07, 6.45) is 3.63. The zero-order valence-electron chi connectivity index (χ0n) is 29.2. The van der Waals surface area contributed by atoms with Gasteiger partial charge in [-0.25, -0.2) is 9.97 Å². The number of carbonyl (C=O) groups is 4. The van der Waals surface area contributed by atoms with E-state index in [2.05, 4.69) is 20.6 Å². The van der Waals surface area contributed by atoms with Gasteiger partial charge in [0.1, 0.15) is 45.6 Å². The molecule has 0 fully saturated rings. The minimum absolute atomic E-state index is 0.173. The lowest BCUT2D eigenvalue weighted by Crippen LogP contribution is -2.16. The third-order valence-electron chi connectivity index (χ3n) is 8.39. The number of rotatable bonds is 12. The van der Waals surface area contributed by atoms with Crippen LogP contribution in [0.5, 0.6) is 11.5 Å². The number of primary amides is 2. The molecule has 4 aromatic heterocycles. The van der Waals surface area contributed by atoms with Crippen LogP contribution >= 0.6 is 0 Å². The molecule has 0 bridgehead atoms. The number of aryl methyl sites for hydroxylation is 4. The quantitative estimate of drug-likeness (QED) is 0.127. The van der Waals surface area contributed by atoms with E-state index < -0.39 is 23.6 Å². The molecule has 0 spiro atoms. The van der Waals surface area contributed by atoms with Crippen molar-refractivity contribution in [3.8, 4) is 11.5 Å². The number of furan rings is 2. The van der Waals surface area contributed by atoms with Crippen LogP contribution in [0.25, 0.3) is 22.1 Å². The molecule has 52 heavy (non-hydrogen) atoms. The van der Waals surface area contributed by atoms with Gasteiger partial charge in [-0.05, 0) is 64.1 Å². The van der Waals surface area contributed by atoms with Crippen molar-refractivity contribution < 1.29 is 37.5 Å². The zero-order chi connectivity index (χ0) is 37.4. The average molecular weight is 709 g/mol. The fourth-order valence-electron chi connectivity index (χ4n) is 6.01. The molecule has 6 rings (SSSR count). The number of aromatic nitrogens is 4. The van der Waals surface area contributed by atoms with Crippen LogP contribution in [0.3, 0.4) is 0 Å². The van der Waals surface area contributed by atoms with E-state index in [9.17, 15) is 19.2 Å². The Kier molecular flexibility index (Phi) is 9.30. The Morgan fingerprint density at radius 3 is 1.37 bits per heavy atom. The molecule has 2 aromatic carbocycles. The number of hydrogen-bond acceptors (Lipinski definition) is 10. The van der Waals surface area contributed by atoms with Gasteiger partial charge in [0.05, 0.1) is 36.4 Å². The summed E-state index contributed by atoms with van der Waals surface area (Å²) < 4.78 is 25.8. The van der Waals surface area contributed by atoms with Crippen molar-refractivity contribution in [1.29, 1.82) is 0 Å². The van der Waals surface area contributed by atoms with Crippen molar-refractivity contribution in [2.45, 2.75) is 40.8 Å². The number of hydrogen-bond donors (Lipinski definition) is 4. The summed E-state index contributed by atoms with van der Waals surface area (Å²) >= 11 is 0. The highest BCUT2D eigenvalue weighted by molar-refractivity contribution is 6.07. The molecule has 6 N–H and O–H groups in total. The van der Waals surface area contributed by atoms with Crippen LogP contribution in [0.1, 0.15) is 64.5 Å². The first-order chi connectivity index (χ1) is 24.8. The van der Waals surface area contributed by atoms with Crippen LogP contribution in [0.4, 0.5) is 11.9 Å². The molecular weight excluding hydrogens is 672 g/mol. The molecule has 4 amide bonds. The summed E-state index contributed by atoms with van der Waals surface area (Å²) in [5, 5.41) is 5.71. The number of ether oxygens (including phenoxy) is 2. The number of allylic oxidation sites excluding steroid dienone is 2. The molecular formula is C36H36N8O8. The van der Waals surface area contributed by atoms with Crippen LogP contribution in [0, 0.1) is 27.7 Å². The maximum atomic E-state index is 13.4. The lowest BCUT2D eigenvalue weighted by molar-refractivity contribution is 0.0991. The zero-order valence-corrected chi connectivity index (χ0v) is 29.2. The highest BCUT2D eigenvalue weighted by atomic mass is 16.5. The van der Waals surface area contributed by atoms with Crippen LogP contribution in [-0.2, 0) is 13.1 Å². The Labute approximate surface area is 296 Å². The molecule has 0 aliphatic rings. The molecule has 16 nitrogen and oxygen atoms in total. The number of anilines is 2. The normalized spacial score (nSPS) is 11.4. The number of imidazole rings is 2. The summed E-state index contributed by atoms with van der Waals surface area (Å²) in [4.78, 5) is 60.1. The second-order valence-corrected chi connectivity index (χ2v) is 11.9. The Hall–Kier alpha value is -6.84. The maximum Gasteiger partial charge on any atom is 0.261 e. The van der Waals surface area contributed by atoms with E-state index >= 15 is 0 Å². The van der Waals surface area contributed by atoms with Crippen LogP contribution in [0.15, 0.2) is 57.4 Å². The van der Waals surface area contributed by atoms with Gasteiger partial charge in [0.15, 0.2) is 0 Å². The molecule has 0 atom stereocenters. The lowest BCUT2D eigenvalue weighted by atomic mass is 10.1. The van der Waals surface area contributed by atoms with Crippen molar-refractivity contribution in [1.82, 2.24) is 19.1 Å². The number of nitrogens with one attached hydrogen (secondary N) is 2. The van der Waals surface area contributed by atoms with E-state index in [1.165, 1.54) is 38.5 Å². The van der Waals surface area contributed by atoms with E-state index in [-0.39, 0.29) is 36.1 Å². The first-order valence-corrected chi connectivity index (χ1v) is 16.0. The van der Waals surface area contributed by atoms with Gasteiger partial charge in [0, 0.05) is 24.2 Å². The van der Waals surface area contributed by atoms with Crippen LogP contribution < -0.4 is 31.6 Å². The second kappa shape index (κ2) is 13.8. The topological polar surface area (TPSA) is 225 Å². The largest absolute Gasteiger partial charge is 0.494 e. The number of amides is 4. The summed E-state index contributed by atoms with van der Waals surface area (Å²) in [5.41, 5.74) is 13.9. The average Bonchev–Trinajstić information content (AvgIpc) is 3.83. The van der Waals surface area contributed by atoms with Gasteiger partial charge >= 0.3 is 0 Å². The van der Waals surface area contributed by atoms with Crippen molar-refractivity contribution in [3.63, 3.8) is 0 Å². The summed E-state index contributed by atoms with van der Waals surface area (Å²) in [5.74, 6) is 0.787. The Morgan fingerprint density at radius 1 is 0.673 bits per heavy atom. The van der Waals surface area contributed by atoms with E-state index in [4.69, 9.17) is 29.8 Å². The van der Waals surface area contributed by atoms with E-state index in [0.717, 1.165) is 0 Å². The summed E-state index contributed by atoms with van der Waals surface area (Å²) in [6.45, 7) is 7.21. The monoisotopic (exact) mass is 708 g/mol. The number of fused-ring (bicyclic) bond motifs is 2. The second-order valence-electron chi connectivity index (χ2n) is 11.9. The predicted molar refractivity (Wildman–Crippen MR) is 191 cm³/mol. The van der Waals surface area contributed by atoms with Gasteiger partial charge in [-0.15, -0.1) is 0 Å². The third-order valence-corrected chi connectivity index (χ3v) is 8.39. The smallest absolute Gasteiger partial charge is 0.261 e. The summed E-state index contributed by atoms with van der Waals surface area (Å²) in [6, 6.07) is 9.31. The molecule has 6 aromatic rings. The van der Waals surface area contributed by atoms with Crippen molar-refractivity contribution in [3.05, 3.63) is 93.8 Å². The minimum atomic E-state index is -0.670. The van der Waals surface area contributed by atoms with Gasteiger partial charge in [-0.3, -0.25) is 29.8 Å². The minimum Gasteiger partial charge on any atom is -0.494 e. The molecule has 16 heteroatoms. The Morgan fingerprint density at radius 2 is 1.06 bits per heavy atom. The number of nitrogens with zero attached hydrogens (tertiary/aromatic N) is 4. The maximum absolute atomic E-state index is 13.4. The fraction of sp³-hybridized carbons (Fsp3) is 0.222. The van der Waals surface area contributed by atoms with Gasteiger partial charge in [0.2, 0.25) is 23.7 Å². The molecule has 0 aliphatic heterocycles. The van der Waals surface area contributed by atoms with E-state index in [1.807, 2.05) is 12.2 Å². The first kappa shape index (κ1) is 35.0. The number of benzene rings is 2. The molecule has 0 unspecified atom stereocenters. The predicted octanol–water partition coefficient (Wildman–Crippen LogP) is 4.78. The summed E-state index contributed by atoms with van der Waals surface area (Å²) in [7, 11) is 2.90. The van der Waals surface area contributed by atoms with Gasteiger partial charge in [-0.1, -0.05) is 12.2 Å². The molecule has 0 radical (unpaired) electrons. The van der Waals surface area contributed by atoms with E-state index in [1.54, 1.807) is 49.0 Å².